The quantitative estimate of drug-likeness (QED) is 0.281. The van der Waals surface area contributed by atoms with Gasteiger partial charge in [0.1, 0.15) is 6.54 Å². The Hall–Kier alpha value is -1.68. The lowest BCUT2D eigenvalue weighted by atomic mass is 10.2. The van der Waals surface area contributed by atoms with Gasteiger partial charge in [0.05, 0.1) is 13.2 Å². The largest absolute Gasteiger partial charge is 0.375 e. The van der Waals surface area contributed by atoms with Crippen molar-refractivity contribution >= 4 is 29.9 Å². The van der Waals surface area contributed by atoms with Gasteiger partial charge >= 0.3 is 0 Å². The summed E-state index contributed by atoms with van der Waals surface area (Å²) in [5.74, 6) is 1.82. The first-order valence-corrected chi connectivity index (χ1v) is 7.71. The summed E-state index contributed by atoms with van der Waals surface area (Å²) in [7, 11) is 0. The summed E-state index contributed by atoms with van der Waals surface area (Å²) < 4.78 is 10.6. The molecule has 132 valence electrons. The Morgan fingerprint density at radius 3 is 2.71 bits per heavy atom. The molecule has 0 aliphatic heterocycles. The van der Waals surface area contributed by atoms with Crippen molar-refractivity contribution in [3.8, 4) is 0 Å². The van der Waals surface area contributed by atoms with Crippen molar-refractivity contribution in [1.29, 1.82) is 0 Å². The second-order valence-electron chi connectivity index (χ2n) is 4.89. The summed E-state index contributed by atoms with van der Waals surface area (Å²) in [5.41, 5.74) is 1.17. The molecule has 24 heavy (non-hydrogen) atoms. The fourth-order valence-corrected chi connectivity index (χ4v) is 1.90. The maximum atomic E-state index is 5.63. The Kier molecular flexibility index (Phi) is 10.0. The molecular weight excluding hydrogens is 421 g/mol. The summed E-state index contributed by atoms with van der Waals surface area (Å²) in [4.78, 5) is 8.53. The molecule has 2 aromatic rings. The number of rotatable bonds is 8. The van der Waals surface area contributed by atoms with E-state index < -0.39 is 0 Å². The van der Waals surface area contributed by atoms with Gasteiger partial charge < -0.3 is 19.9 Å². The van der Waals surface area contributed by atoms with Crippen LogP contribution in [0.2, 0.25) is 0 Å². The van der Waals surface area contributed by atoms with Crippen molar-refractivity contribution in [2.45, 2.75) is 27.0 Å². The first-order chi connectivity index (χ1) is 11.3. The number of hydrogen-bond donors (Lipinski definition) is 2. The number of benzene rings is 1. The van der Waals surface area contributed by atoms with Gasteiger partial charge in [-0.2, -0.15) is 4.98 Å². The summed E-state index contributed by atoms with van der Waals surface area (Å²) in [5, 5.41) is 10.2. The molecule has 0 fully saturated rings. The van der Waals surface area contributed by atoms with Crippen molar-refractivity contribution in [3.63, 3.8) is 0 Å². The Balaban J connectivity index is 0.00000288. The fraction of sp³-hybridized carbons (Fsp3) is 0.438. The minimum Gasteiger partial charge on any atom is -0.375 e. The average molecular weight is 445 g/mol. The molecule has 8 heteroatoms. The Morgan fingerprint density at radius 1 is 1.25 bits per heavy atom. The van der Waals surface area contributed by atoms with Gasteiger partial charge in [0.2, 0.25) is 5.89 Å². The zero-order valence-corrected chi connectivity index (χ0v) is 16.3. The summed E-state index contributed by atoms with van der Waals surface area (Å²) in [6, 6.07) is 10.1. The van der Waals surface area contributed by atoms with Gasteiger partial charge in [-0.15, -0.1) is 24.0 Å². The SMILES string of the molecule is CCNC(=NCc1noc(C)n1)NCCOCc1ccccc1.I. The maximum absolute atomic E-state index is 5.63. The molecule has 0 aliphatic carbocycles. The van der Waals surface area contributed by atoms with Gasteiger partial charge in [0.15, 0.2) is 11.8 Å². The Labute approximate surface area is 159 Å². The van der Waals surface area contributed by atoms with Gasteiger partial charge in [0, 0.05) is 20.0 Å². The smallest absolute Gasteiger partial charge is 0.223 e. The molecule has 0 unspecified atom stereocenters. The van der Waals surface area contributed by atoms with E-state index >= 15 is 0 Å². The number of aliphatic imine (C=N–C) groups is 1. The van der Waals surface area contributed by atoms with E-state index in [1.165, 1.54) is 5.56 Å². The topological polar surface area (TPSA) is 84.6 Å². The zero-order valence-electron chi connectivity index (χ0n) is 14.0. The number of halogens is 1. The van der Waals surface area contributed by atoms with Gasteiger partial charge in [-0.25, -0.2) is 4.99 Å². The van der Waals surface area contributed by atoms with Gasteiger partial charge in [-0.1, -0.05) is 35.5 Å². The van der Waals surface area contributed by atoms with Crippen molar-refractivity contribution in [2.75, 3.05) is 19.7 Å². The minimum absolute atomic E-state index is 0. The number of ether oxygens (including phenoxy) is 1. The maximum Gasteiger partial charge on any atom is 0.223 e. The van der Waals surface area contributed by atoms with Gasteiger partial charge in [-0.3, -0.25) is 0 Å². The predicted octanol–water partition coefficient (Wildman–Crippen LogP) is 2.27. The van der Waals surface area contributed by atoms with E-state index in [0.29, 0.717) is 44.0 Å². The number of aromatic nitrogens is 2. The third kappa shape index (κ3) is 7.73. The third-order valence-corrected chi connectivity index (χ3v) is 2.94. The lowest BCUT2D eigenvalue weighted by Gasteiger charge is -2.11. The van der Waals surface area contributed by atoms with Crippen LogP contribution in [0.15, 0.2) is 39.8 Å². The van der Waals surface area contributed by atoms with Crippen LogP contribution in [0.1, 0.15) is 24.2 Å². The van der Waals surface area contributed by atoms with Crippen LogP contribution in [0, 0.1) is 6.92 Å². The highest BCUT2D eigenvalue weighted by Gasteiger charge is 2.02. The molecule has 2 N–H and O–H groups in total. The zero-order chi connectivity index (χ0) is 16.3. The minimum atomic E-state index is 0. The molecule has 1 heterocycles. The Morgan fingerprint density at radius 2 is 2.04 bits per heavy atom. The van der Waals surface area contributed by atoms with Crippen LogP contribution in [0.5, 0.6) is 0 Å². The third-order valence-electron chi connectivity index (χ3n) is 2.94. The molecule has 0 saturated carbocycles. The normalized spacial score (nSPS) is 11.0. The van der Waals surface area contributed by atoms with Gasteiger partial charge in [-0.05, 0) is 12.5 Å². The van der Waals surface area contributed by atoms with Crippen LogP contribution >= 0.6 is 24.0 Å². The van der Waals surface area contributed by atoms with Crippen molar-refractivity contribution in [1.82, 2.24) is 20.8 Å². The first kappa shape index (κ1) is 20.4. The highest BCUT2D eigenvalue weighted by atomic mass is 127. The van der Waals surface area contributed by atoms with Crippen LogP contribution in [-0.2, 0) is 17.9 Å². The summed E-state index contributed by atoms with van der Waals surface area (Å²) in [6.07, 6.45) is 0. The molecule has 0 amide bonds. The van der Waals surface area contributed by atoms with E-state index in [1.54, 1.807) is 6.92 Å². The molecule has 1 aromatic carbocycles. The monoisotopic (exact) mass is 445 g/mol. The lowest BCUT2D eigenvalue weighted by molar-refractivity contribution is 0.125. The molecular formula is C16H24IN5O2. The highest BCUT2D eigenvalue weighted by Crippen LogP contribution is 1.99. The number of guanidine groups is 1. The number of nitrogens with zero attached hydrogens (tertiary/aromatic N) is 3. The summed E-state index contributed by atoms with van der Waals surface area (Å²) in [6.45, 7) is 6.80. The van der Waals surface area contributed by atoms with E-state index in [2.05, 4.69) is 25.8 Å². The standard InChI is InChI=1S/C16H23N5O2.HI/c1-3-17-16(19-11-15-20-13(2)23-21-15)18-9-10-22-12-14-7-5-4-6-8-14;/h4-8H,3,9-12H2,1-2H3,(H2,17,18,19);1H. The second kappa shape index (κ2) is 11.8. The average Bonchev–Trinajstić information content (AvgIpc) is 2.98. The van der Waals surface area contributed by atoms with Crippen LogP contribution in [-0.4, -0.2) is 35.8 Å². The van der Waals surface area contributed by atoms with Crippen LogP contribution in [0.4, 0.5) is 0 Å². The fourth-order valence-electron chi connectivity index (χ4n) is 1.90. The number of aryl methyl sites for hydroxylation is 1. The van der Waals surface area contributed by atoms with Crippen molar-refractivity contribution in [2.24, 2.45) is 4.99 Å². The van der Waals surface area contributed by atoms with Crippen LogP contribution in [0.3, 0.4) is 0 Å². The summed E-state index contributed by atoms with van der Waals surface area (Å²) >= 11 is 0. The van der Waals surface area contributed by atoms with Crippen LogP contribution < -0.4 is 10.6 Å². The number of hydrogen-bond acceptors (Lipinski definition) is 5. The molecule has 0 radical (unpaired) electrons. The molecule has 0 spiro atoms. The predicted molar refractivity (Wildman–Crippen MR) is 103 cm³/mol. The van der Waals surface area contributed by atoms with Gasteiger partial charge in [0.25, 0.3) is 0 Å². The van der Waals surface area contributed by atoms with Crippen LogP contribution in [0.25, 0.3) is 0 Å². The van der Waals surface area contributed by atoms with E-state index in [-0.39, 0.29) is 24.0 Å². The van der Waals surface area contributed by atoms with E-state index in [1.807, 2.05) is 37.3 Å². The first-order valence-electron chi connectivity index (χ1n) is 7.71. The number of nitrogens with one attached hydrogen (secondary N) is 2. The molecule has 0 saturated heterocycles. The second-order valence-corrected chi connectivity index (χ2v) is 4.89. The van der Waals surface area contributed by atoms with Crippen molar-refractivity contribution < 1.29 is 9.26 Å². The van der Waals surface area contributed by atoms with E-state index in [9.17, 15) is 0 Å². The lowest BCUT2D eigenvalue weighted by Crippen LogP contribution is -2.39. The molecule has 2 rings (SSSR count). The molecule has 1 aromatic heterocycles. The molecule has 0 aliphatic rings. The van der Waals surface area contributed by atoms with Crippen molar-refractivity contribution in [3.05, 3.63) is 47.6 Å². The van der Waals surface area contributed by atoms with E-state index in [0.717, 1.165) is 6.54 Å². The Bertz CT molecular complexity index is 604. The molecule has 0 atom stereocenters. The van der Waals surface area contributed by atoms with E-state index in [4.69, 9.17) is 9.26 Å². The molecule has 7 nitrogen and oxygen atoms in total. The highest BCUT2D eigenvalue weighted by molar-refractivity contribution is 14.0. The molecule has 0 bridgehead atoms.